The van der Waals surface area contributed by atoms with Gasteiger partial charge in [-0.15, -0.1) is 0 Å². The smallest absolute Gasteiger partial charge is 0.354 e. The fourth-order valence-electron chi connectivity index (χ4n) is 2.32. The summed E-state index contributed by atoms with van der Waals surface area (Å²) in [6.45, 7) is 0. The Bertz CT molecular complexity index is 580. The molecule has 2 heterocycles. The molecular weight excluding hydrogens is 206 g/mol. The summed E-state index contributed by atoms with van der Waals surface area (Å²) in [5.74, 6) is -0.937. The zero-order valence-corrected chi connectivity index (χ0v) is 8.82. The summed E-state index contributed by atoms with van der Waals surface area (Å²) in [5.41, 5.74) is 4.13. The van der Waals surface area contributed by atoms with Gasteiger partial charge in [0.1, 0.15) is 5.69 Å². The summed E-state index contributed by atoms with van der Waals surface area (Å²) < 4.78 is 1.98. The maximum absolute atomic E-state index is 11.0. The highest BCUT2D eigenvalue weighted by atomic mass is 16.4. The Balaban J connectivity index is 2.22. The van der Waals surface area contributed by atoms with E-state index in [9.17, 15) is 4.79 Å². The van der Waals surface area contributed by atoms with Crippen LogP contribution < -0.4 is 0 Å². The Hall–Kier alpha value is -2.04. The van der Waals surface area contributed by atoms with Gasteiger partial charge in [-0.05, 0) is 18.4 Å². The van der Waals surface area contributed by atoms with E-state index in [4.69, 9.17) is 5.11 Å². The zero-order valence-electron chi connectivity index (χ0n) is 8.82. The Kier molecular flexibility index (Phi) is 1.71. The maximum atomic E-state index is 11.0. The number of carbonyl (C=O) groups is 1. The van der Waals surface area contributed by atoms with Gasteiger partial charge in [0.15, 0.2) is 0 Å². The van der Waals surface area contributed by atoms with Crippen LogP contribution in [-0.2, 0) is 19.9 Å². The Morgan fingerprint density at radius 1 is 1.50 bits per heavy atom. The second-order valence-electron chi connectivity index (χ2n) is 4.09. The van der Waals surface area contributed by atoms with Gasteiger partial charge in [-0.2, -0.15) is 5.10 Å². The van der Waals surface area contributed by atoms with Crippen LogP contribution in [0, 0.1) is 0 Å². The molecule has 0 aromatic carbocycles. The molecule has 5 heteroatoms. The van der Waals surface area contributed by atoms with E-state index in [1.165, 1.54) is 5.56 Å². The van der Waals surface area contributed by atoms with Crippen molar-refractivity contribution < 1.29 is 9.90 Å². The summed E-state index contributed by atoms with van der Waals surface area (Å²) in [7, 11) is 1.96. The average molecular weight is 217 g/mol. The summed E-state index contributed by atoms with van der Waals surface area (Å²) >= 11 is 0. The minimum absolute atomic E-state index is 0.226. The van der Waals surface area contributed by atoms with Gasteiger partial charge < -0.3 is 9.67 Å². The first kappa shape index (κ1) is 9.21. The second-order valence-corrected chi connectivity index (χ2v) is 4.09. The molecule has 0 unspecified atom stereocenters. The van der Waals surface area contributed by atoms with Crippen molar-refractivity contribution in [2.45, 2.75) is 12.8 Å². The molecule has 3 rings (SSSR count). The highest BCUT2D eigenvalue weighted by Crippen LogP contribution is 2.33. The zero-order chi connectivity index (χ0) is 11.3. The number of nitrogens with zero attached hydrogens (tertiary/aromatic N) is 2. The van der Waals surface area contributed by atoms with E-state index in [-0.39, 0.29) is 5.69 Å². The lowest BCUT2D eigenvalue weighted by atomic mass is 9.92. The molecule has 0 saturated carbocycles. The molecule has 0 radical (unpaired) electrons. The molecular formula is C11H11N3O2. The van der Waals surface area contributed by atoms with E-state index >= 15 is 0 Å². The average Bonchev–Trinajstić information content (AvgIpc) is 2.77. The third-order valence-electron chi connectivity index (χ3n) is 3.02. The third kappa shape index (κ3) is 1.11. The molecule has 2 aromatic heterocycles. The van der Waals surface area contributed by atoms with Crippen molar-refractivity contribution in [1.82, 2.24) is 14.8 Å². The Morgan fingerprint density at radius 3 is 3.06 bits per heavy atom. The number of rotatable bonds is 1. The van der Waals surface area contributed by atoms with Gasteiger partial charge >= 0.3 is 5.97 Å². The van der Waals surface area contributed by atoms with Crippen molar-refractivity contribution in [2.24, 2.45) is 7.05 Å². The van der Waals surface area contributed by atoms with Crippen molar-refractivity contribution >= 4 is 5.97 Å². The molecule has 1 aliphatic rings. The molecule has 2 N–H and O–H groups in total. The van der Waals surface area contributed by atoms with Crippen LogP contribution in [0.25, 0.3) is 11.3 Å². The summed E-state index contributed by atoms with van der Waals surface area (Å²) in [4.78, 5) is 11.0. The van der Waals surface area contributed by atoms with Crippen LogP contribution in [0.2, 0.25) is 0 Å². The number of aromatic nitrogens is 3. The molecule has 0 spiro atoms. The van der Waals surface area contributed by atoms with Gasteiger partial charge in [0.25, 0.3) is 0 Å². The maximum Gasteiger partial charge on any atom is 0.354 e. The van der Waals surface area contributed by atoms with E-state index in [0.29, 0.717) is 0 Å². The lowest BCUT2D eigenvalue weighted by molar-refractivity contribution is 0.0689. The molecule has 1 aliphatic carbocycles. The third-order valence-corrected chi connectivity index (χ3v) is 3.02. The van der Waals surface area contributed by atoms with E-state index in [0.717, 1.165) is 29.7 Å². The molecule has 0 aliphatic heterocycles. The fraction of sp³-hybridized carbons (Fsp3) is 0.273. The number of H-pyrrole nitrogens is 1. The molecule has 16 heavy (non-hydrogen) atoms. The first-order valence-corrected chi connectivity index (χ1v) is 5.12. The molecule has 82 valence electrons. The molecule has 0 saturated heterocycles. The lowest BCUT2D eigenvalue weighted by Gasteiger charge is -2.10. The van der Waals surface area contributed by atoms with Crippen LogP contribution >= 0.6 is 0 Å². The van der Waals surface area contributed by atoms with Crippen molar-refractivity contribution in [3.05, 3.63) is 29.2 Å². The summed E-state index contributed by atoms with van der Waals surface area (Å²) in [5, 5.41) is 15.7. The first-order chi connectivity index (χ1) is 7.66. The van der Waals surface area contributed by atoms with Gasteiger partial charge in [0, 0.05) is 30.6 Å². The van der Waals surface area contributed by atoms with Gasteiger partial charge in [-0.1, -0.05) is 0 Å². The van der Waals surface area contributed by atoms with Crippen LogP contribution in [0.5, 0.6) is 0 Å². The number of hydrogen-bond acceptors (Lipinski definition) is 2. The van der Waals surface area contributed by atoms with Crippen LogP contribution in [0.3, 0.4) is 0 Å². The lowest BCUT2D eigenvalue weighted by Crippen LogP contribution is -2.06. The van der Waals surface area contributed by atoms with Crippen LogP contribution in [0.1, 0.15) is 21.6 Å². The Morgan fingerprint density at radius 2 is 2.31 bits per heavy atom. The van der Waals surface area contributed by atoms with E-state index < -0.39 is 5.97 Å². The van der Waals surface area contributed by atoms with Gasteiger partial charge in [0.05, 0.1) is 5.69 Å². The molecule has 0 atom stereocenters. The standard InChI is InChI=1S/C11H11N3O2/c1-14-4-6-2-3-7-9(8(6)5-14)12-13-10(7)11(15)16/h4-5H,2-3H2,1H3,(H,12,13)(H,15,16). The van der Waals surface area contributed by atoms with Crippen molar-refractivity contribution in [1.29, 1.82) is 0 Å². The van der Waals surface area contributed by atoms with Crippen LogP contribution in [0.15, 0.2) is 12.4 Å². The number of fused-ring (bicyclic) bond motifs is 3. The molecule has 2 aromatic rings. The van der Waals surface area contributed by atoms with Gasteiger partial charge in [-0.25, -0.2) is 4.79 Å². The van der Waals surface area contributed by atoms with Crippen molar-refractivity contribution in [2.75, 3.05) is 0 Å². The summed E-state index contributed by atoms with van der Waals surface area (Å²) in [6.07, 6.45) is 5.67. The van der Waals surface area contributed by atoms with Crippen LogP contribution in [-0.4, -0.2) is 25.8 Å². The molecule has 0 bridgehead atoms. The number of aromatic carboxylic acids is 1. The number of aromatic amines is 1. The number of nitrogens with one attached hydrogen (secondary N) is 1. The van der Waals surface area contributed by atoms with Crippen molar-refractivity contribution in [3.63, 3.8) is 0 Å². The number of aryl methyl sites for hydroxylation is 2. The molecule has 0 amide bonds. The van der Waals surface area contributed by atoms with E-state index in [1.54, 1.807) is 0 Å². The monoisotopic (exact) mass is 217 g/mol. The second kappa shape index (κ2) is 2.98. The van der Waals surface area contributed by atoms with E-state index in [2.05, 4.69) is 16.4 Å². The highest BCUT2D eigenvalue weighted by molar-refractivity contribution is 5.90. The normalized spacial score (nSPS) is 13.3. The SMILES string of the molecule is Cn1cc2c(c1)-c1n[nH]c(C(=O)O)c1CC2. The fourth-order valence-corrected chi connectivity index (χ4v) is 2.32. The predicted octanol–water partition coefficient (Wildman–Crippen LogP) is 1.21. The number of carboxylic acid groups (broad SMARTS) is 1. The molecule has 5 nitrogen and oxygen atoms in total. The first-order valence-electron chi connectivity index (χ1n) is 5.12. The predicted molar refractivity (Wildman–Crippen MR) is 57.4 cm³/mol. The summed E-state index contributed by atoms with van der Waals surface area (Å²) in [6, 6.07) is 0. The number of hydrogen-bond donors (Lipinski definition) is 2. The minimum Gasteiger partial charge on any atom is -0.477 e. The van der Waals surface area contributed by atoms with Crippen LogP contribution in [0.4, 0.5) is 0 Å². The van der Waals surface area contributed by atoms with E-state index in [1.807, 2.05) is 17.8 Å². The quantitative estimate of drug-likeness (QED) is 0.754. The largest absolute Gasteiger partial charge is 0.477 e. The number of carboxylic acids is 1. The minimum atomic E-state index is -0.937. The molecule has 0 fully saturated rings. The van der Waals surface area contributed by atoms with Gasteiger partial charge in [-0.3, -0.25) is 5.10 Å². The highest BCUT2D eigenvalue weighted by Gasteiger charge is 2.25. The van der Waals surface area contributed by atoms with Crippen molar-refractivity contribution in [3.8, 4) is 11.3 Å². The Labute approximate surface area is 91.7 Å². The van der Waals surface area contributed by atoms with Gasteiger partial charge in [0.2, 0.25) is 0 Å². The topological polar surface area (TPSA) is 70.9 Å².